The van der Waals surface area contributed by atoms with Crippen LogP contribution in [0.2, 0.25) is 5.02 Å². The van der Waals surface area contributed by atoms with E-state index in [2.05, 4.69) is 15.4 Å². The number of nitrogens with zero attached hydrogens (tertiary/aromatic N) is 5. The second kappa shape index (κ2) is 8.41. The van der Waals surface area contributed by atoms with Gasteiger partial charge in [0, 0.05) is 50.4 Å². The Morgan fingerprint density at radius 3 is 2.72 bits per heavy atom. The zero-order valence-corrected chi connectivity index (χ0v) is 17.9. The molecule has 0 aliphatic carbocycles. The minimum atomic E-state index is -0.359. The standard InChI is InChI=1S/C20H26ClFN6O/c1-20(2,16-6-5-14(22)9-17(16)21)13-24-19(23-3)27-7-8-28(18(29)12-27)15-10-25-26(4)11-15/h5-6,9-11H,7-8,12-13H2,1-4H3,(H,23,24). The van der Waals surface area contributed by atoms with Crippen LogP contribution >= 0.6 is 11.6 Å². The van der Waals surface area contributed by atoms with E-state index >= 15 is 0 Å². The molecule has 0 radical (unpaired) electrons. The van der Waals surface area contributed by atoms with Gasteiger partial charge in [-0.15, -0.1) is 0 Å². The summed E-state index contributed by atoms with van der Waals surface area (Å²) < 4.78 is 15.1. The van der Waals surface area contributed by atoms with Crippen LogP contribution in [0.3, 0.4) is 0 Å². The molecule has 1 aromatic heterocycles. The Labute approximate surface area is 175 Å². The summed E-state index contributed by atoms with van der Waals surface area (Å²) in [7, 11) is 3.52. The zero-order valence-electron chi connectivity index (χ0n) is 17.1. The summed E-state index contributed by atoms with van der Waals surface area (Å²) in [4.78, 5) is 20.6. The summed E-state index contributed by atoms with van der Waals surface area (Å²) in [6, 6.07) is 4.44. The topological polar surface area (TPSA) is 65.8 Å². The van der Waals surface area contributed by atoms with Crippen LogP contribution in [0.4, 0.5) is 10.1 Å². The average Bonchev–Trinajstić information content (AvgIpc) is 3.08. The first-order valence-electron chi connectivity index (χ1n) is 9.41. The minimum Gasteiger partial charge on any atom is -0.355 e. The molecular formula is C20H26ClFN6O. The van der Waals surface area contributed by atoms with E-state index in [-0.39, 0.29) is 23.7 Å². The number of aryl methyl sites for hydroxylation is 1. The van der Waals surface area contributed by atoms with E-state index in [1.165, 1.54) is 12.1 Å². The molecule has 1 aliphatic heterocycles. The maximum absolute atomic E-state index is 13.4. The van der Waals surface area contributed by atoms with Gasteiger partial charge < -0.3 is 15.1 Å². The highest BCUT2D eigenvalue weighted by Crippen LogP contribution is 2.30. The summed E-state index contributed by atoms with van der Waals surface area (Å²) in [6.45, 7) is 6.01. The number of hydrogen-bond donors (Lipinski definition) is 1. The number of aliphatic imine (C=N–C) groups is 1. The van der Waals surface area contributed by atoms with Crippen molar-refractivity contribution in [3.63, 3.8) is 0 Å². The summed E-state index contributed by atoms with van der Waals surface area (Å²) in [6.07, 6.45) is 3.52. The van der Waals surface area contributed by atoms with Gasteiger partial charge in [-0.25, -0.2) is 4.39 Å². The maximum Gasteiger partial charge on any atom is 0.246 e. The normalized spacial score (nSPS) is 15.8. The molecule has 29 heavy (non-hydrogen) atoms. The van der Waals surface area contributed by atoms with E-state index in [9.17, 15) is 9.18 Å². The van der Waals surface area contributed by atoms with E-state index < -0.39 is 0 Å². The molecule has 2 heterocycles. The molecule has 9 heteroatoms. The van der Waals surface area contributed by atoms with Crippen LogP contribution < -0.4 is 10.2 Å². The summed E-state index contributed by atoms with van der Waals surface area (Å²) in [5, 5.41) is 7.86. The quantitative estimate of drug-likeness (QED) is 0.609. The van der Waals surface area contributed by atoms with Gasteiger partial charge in [0.05, 0.1) is 11.9 Å². The van der Waals surface area contributed by atoms with Crippen molar-refractivity contribution in [3.8, 4) is 0 Å². The van der Waals surface area contributed by atoms with Crippen molar-refractivity contribution in [2.24, 2.45) is 12.0 Å². The molecule has 1 N–H and O–H groups in total. The highest BCUT2D eigenvalue weighted by Gasteiger charge is 2.29. The first kappa shape index (κ1) is 21.1. The van der Waals surface area contributed by atoms with E-state index in [1.54, 1.807) is 28.9 Å². The van der Waals surface area contributed by atoms with Gasteiger partial charge in [0.1, 0.15) is 12.4 Å². The maximum atomic E-state index is 13.4. The molecule has 1 aromatic carbocycles. The first-order valence-corrected chi connectivity index (χ1v) is 9.79. The van der Waals surface area contributed by atoms with Gasteiger partial charge in [-0.2, -0.15) is 5.10 Å². The van der Waals surface area contributed by atoms with Crippen molar-refractivity contribution in [1.29, 1.82) is 0 Å². The lowest BCUT2D eigenvalue weighted by Gasteiger charge is -2.36. The highest BCUT2D eigenvalue weighted by molar-refractivity contribution is 6.31. The van der Waals surface area contributed by atoms with E-state index in [0.717, 1.165) is 11.3 Å². The number of aromatic nitrogens is 2. The van der Waals surface area contributed by atoms with Gasteiger partial charge in [0.25, 0.3) is 0 Å². The largest absolute Gasteiger partial charge is 0.355 e. The number of guanidine groups is 1. The summed E-state index contributed by atoms with van der Waals surface area (Å²) in [5.74, 6) is 0.284. The number of piperazine rings is 1. The van der Waals surface area contributed by atoms with Gasteiger partial charge in [-0.1, -0.05) is 31.5 Å². The molecule has 1 amide bonds. The van der Waals surface area contributed by atoms with Crippen LogP contribution in [0.1, 0.15) is 19.4 Å². The smallest absolute Gasteiger partial charge is 0.246 e. The number of rotatable bonds is 4. The van der Waals surface area contributed by atoms with Gasteiger partial charge in [-0.05, 0) is 17.7 Å². The Balaban J connectivity index is 1.64. The third-order valence-electron chi connectivity index (χ3n) is 5.08. The zero-order chi connectivity index (χ0) is 21.2. The second-order valence-electron chi connectivity index (χ2n) is 7.75. The van der Waals surface area contributed by atoms with E-state index in [0.29, 0.717) is 30.6 Å². The van der Waals surface area contributed by atoms with Crippen molar-refractivity contribution in [2.45, 2.75) is 19.3 Å². The molecule has 0 bridgehead atoms. The molecule has 0 atom stereocenters. The molecule has 1 saturated heterocycles. The van der Waals surface area contributed by atoms with Crippen LogP contribution in [0, 0.1) is 5.82 Å². The first-order chi connectivity index (χ1) is 13.7. The second-order valence-corrected chi connectivity index (χ2v) is 8.16. The molecule has 2 aromatic rings. The summed E-state index contributed by atoms with van der Waals surface area (Å²) in [5.41, 5.74) is 1.29. The molecule has 1 aliphatic rings. The molecule has 156 valence electrons. The van der Waals surface area contributed by atoms with Crippen LogP contribution in [0.5, 0.6) is 0 Å². The Bertz CT molecular complexity index is 925. The third kappa shape index (κ3) is 4.70. The number of anilines is 1. The van der Waals surface area contributed by atoms with Crippen LogP contribution in [-0.4, -0.2) is 59.8 Å². The van der Waals surface area contributed by atoms with Crippen molar-refractivity contribution >= 4 is 29.2 Å². The molecule has 0 saturated carbocycles. The van der Waals surface area contributed by atoms with Gasteiger partial charge >= 0.3 is 0 Å². The Morgan fingerprint density at radius 2 is 2.14 bits per heavy atom. The van der Waals surface area contributed by atoms with Crippen molar-refractivity contribution in [3.05, 3.63) is 47.0 Å². The lowest BCUT2D eigenvalue weighted by Crippen LogP contribution is -2.56. The Hall–Kier alpha value is -2.61. The molecule has 1 fully saturated rings. The fraction of sp³-hybridized carbons (Fsp3) is 0.450. The number of carbonyl (C=O) groups is 1. The predicted molar refractivity (Wildman–Crippen MR) is 113 cm³/mol. The fourth-order valence-electron chi connectivity index (χ4n) is 3.44. The lowest BCUT2D eigenvalue weighted by molar-refractivity contribution is -0.120. The lowest BCUT2D eigenvalue weighted by atomic mass is 9.84. The monoisotopic (exact) mass is 420 g/mol. The third-order valence-corrected chi connectivity index (χ3v) is 5.40. The Kier molecular flexibility index (Phi) is 6.12. The SMILES string of the molecule is CN=C(NCC(C)(C)c1ccc(F)cc1Cl)N1CCN(c2cnn(C)c2)C(=O)C1. The number of amides is 1. The van der Waals surface area contributed by atoms with Gasteiger partial charge in [0.15, 0.2) is 5.96 Å². The average molecular weight is 421 g/mol. The van der Waals surface area contributed by atoms with E-state index in [1.807, 2.05) is 32.0 Å². The molecule has 0 unspecified atom stereocenters. The van der Waals surface area contributed by atoms with Crippen molar-refractivity contribution in [1.82, 2.24) is 20.0 Å². The molecule has 7 nitrogen and oxygen atoms in total. The highest BCUT2D eigenvalue weighted by atomic mass is 35.5. The van der Waals surface area contributed by atoms with Gasteiger partial charge in [-0.3, -0.25) is 14.5 Å². The van der Waals surface area contributed by atoms with Crippen molar-refractivity contribution < 1.29 is 9.18 Å². The number of benzene rings is 1. The fourth-order valence-corrected chi connectivity index (χ4v) is 3.86. The van der Waals surface area contributed by atoms with Crippen LogP contribution in [-0.2, 0) is 17.3 Å². The number of hydrogen-bond acceptors (Lipinski definition) is 3. The number of nitrogens with one attached hydrogen (secondary N) is 1. The number of halogens is 2. The van der Waals surface area contributed by atoms with Crippen molar-refractivity contribution in [2.75, 3.05) is 38.1 Å². The van der Waals surface area contributed by atoms with Gasteiger partial charge in [0.2, 0.25) is 5.91 Å². The molecular weight excluding hydrogens is 395 g/mol. The van der Waals surface area contributed by atoms with E-state index in [4.69, 9.17) is 11.6 Å². The molecule has 3 rings (SSSR count). The predicted octanol–water partition coefficient (Wildman–Crippen LogP) is 2.41. The summed E-state index contributed by atoms with van der Waals surface area (Å²) >= 11 is 6.24. The minimum absolute atomic E-state index is 0.00645. The van der Waals surface area contributed by atoms with Crippen LogP contribution in [0.25, 0.3) is 0 Å². The Morgan fingerprint density at radius 1 is 1.38 bits per heavy atom. The number of carbonyl (C=O) groups excluding carboxylic acids is 1. The molecule has 0 spiro atoms. The van der Waals surface area contributed by atoms with Crippen LogP contribution in [0.15, 0.2) is 35.6 Å².